The molecule has 0 aromatic heterocycles. The molecule has 0 N–H and O–H groups in total. The predicted octanol–water partition coefficient (Wildman–Crippen LogP) is 4.35. The molecular formula is C16H14INO. The summed E-state index contributed by atoms with van der Waals surface area (Å²) in [6.07, 6.45) is 2.02. The number of benzene rings is 2. The number of halogens is 1. The number of anilines is 1. The van der Waals surface area contributed by atoms with Crippen molar-refractivity contribution in [2.45, 2.75) is 19.4 Å². The molecule has 1 aliphatic heterocycles. The highest BCUT2D eigenvalue weighted by Crippen LogP contribution is 2.29. The van der Waals surface area contributed by atoms with Crippen LogP contribution >= 0.6 is 22.6 Å². The van der Waals surface area contributed by atoms with E-state index in [9.17, 15) is 4.79 Å². The van der Waals surface area contributed by atoms with Gasteiger partial charge >= 0.3 is 0 Å². The lowest BCUT2D eigenvalue weighted by atomic mass is 9.96. The average molecular weight is 363 g/mol. The van der Waals surface area contributed by atoms with Crippen LogP contribution in [-0.4, -0.2) is 3.91 Å². The van der Waals surface area contributed by atoms with E-state index in [-0.39, 0.29) is 3.91 Å². The average Bonchev–Trinajstić information content (AvgIpc) is 2.41. The predicted molar refractivity (Wildman–Crippen MR) is 85.9 cm³/mol. The Bertz CT molecular complexity index is 624. The van der Waals surface area contributed by atoms with E-state index < -0.39 is 0 Å². The van der Waals surface area contributed by atoms with Gasteiger partial charge < -0.3 is 0 Å². The van der Waals surface area contributed by atoms with Gasteiger partial charge in [0.1, 0.15) is 0 Å². The summed E-state index contributed by atoms with van der Waals surface area (Å²) in [5.41, 5.74) is 4.90. The zero-order valence-electron chi connectivity index (χ0n) is 10.5. The quantitative estimate of drug-likeness (QED) is 0.387. The van der Waals surface area contributed by atoms with Crippen LogP contribution in [0.4, 0.5) is 10.5 Å². The molecule has 0 spiro atoms. The summed E-state index contributed by atoms with van der Waals surface area (Å²) in [6, 6.07) is 16.6. The molecule has 0 radical (unpaired) electrons. The fourth-order valence-corrected chi connectivity index (χ4v) is 3.05. The fraction of sp³-hybridized carbons (Fsp3) is 0.188. The molecular weight excluding hydrogens is 349 g/mol. The Labute approximate surface area is 126 Å². The van der Waals surface area contributed by atoms with E-state index in [0.717, 1.165) is 18.5 Å². The SMILES string of the molecule is O=C(I)N1Cc2ccccc2CCc2ccccc21. The van der Waals surface area contributed by atoms with Gasteiger partial charge in [-0.05, 0) is 35.6 Å². The van der Waals surface area contributed by atoms with Crippen molar-refractivity contribution in [2.24, 2.45) is 0 Å². The van der Waals surface area contributed by atoms with Crippen molar-refractivity contribution < 1.29 is 4.79 Å². The largest absolute Gasteiger partial charge is 0.299 e. The van der Waals surface area contributed by atoms with Gasteiger partial charge in [-0.15, -0.1) is 0 Å². The Hall–Kier alpha value is -1.36. The van der Waals surface area contributed by atoms with Crippen molar-refractivity contribution in [1.82, 2.24) is 0 Å². The maximum absolute atomic E-state index is 11.9. The van der Waals surface area contributed by atoms with Crippen molar-refractivity contribution in [3.8, 4) is 0 Å². The summed E-state index contributed by atoms with van der Waals surface area (Å²) < 4.78 is 0.0711. The van der Waals surface area contributed by atoms with Crippen LogP contribution in [0.3, 0.4) is 0 Å². The molecule has 0 bridgehead atoms. The van der Waals surface area contributed by atoms with Gasteiger partial charge in [-0.3, -0.25) is 9.69 Å². The van der Waals surface area contributed by atoms with E-state index in [0.29, 0.717) is 6.54 Å². The van der Waals surface area contributed by atoms with E-state index in [1.165, 1.54) is 16.7 Å². The summed E-state index contributed by atoms with van der Waals surface area (Å²) >= 11 is 1.87. The number of carbonyl (C=O) groups is 1. The van der Waals surface area contributed by atoms with E-state index in [1.54, 1.807) is 0 Å². The van der Waals surface area contributed by atoms with E-state index in [1.807, 2.05) is 51.8 Å². The number of amides is 1. The van der Waals surface area contributed by atoms with Crippen LogP contribution in [0.2, 0.25) is 0 Å². The lowest BCUT2D eigenvalue weighted by Gasteiger charge is -2.27. The minimum absolute atomic E-state index is 0.0711. The number of fused-ring (bicyclic) bond motifs is 2. The second kappa shape index (κ2) is 5.33. The Balaban J connectivity index is 2.09. The highest BCUT2D eigenvalue weighted by Gasteiger charge is 2.20. The zero-order chi connectivity index (χ0) is 13.2. The Kier molecular flexibility index (Phi) is 3.55. The smallest absolute Gasteiger partial charge is 0.287 e. The Morgan fingerprint density at radius 2 is 1.47 bits per heavy atom. The molecule has 0 saturated carbocycles. The van der Waals surface area contributed by atoms with Crippen LogP contribution in [0.25, 0.3) is 0 Å². The summed E-state index contributed by atoms with van der Waals surface area (Å²) in [4.78, 5) is 13.8. The first kappa shape index (κ1) is 12.7. The number of hydrogen-bond acceptors (Lipinski definition) is 1. The van der Waals surface area contributed by atoms with Gasteiger partial charge in [0.25, 0.3) is 3.91 Å². The molecule has 2 nitrogen and oxygen atoms in total. The third-order valence-electron chi connectivity index (χ3n) is 3.61. The number of rotatable bonds is 0. The van der Waals surface area contributed by atoms with Crippen LogP contribution in [0, 0.1) is 0 Å². The number of nitrogens with zero attached hydrogens (tertiary/aromatic N) is 1. The standard InChI is InChI=1S/C16H14INO/c17-16(19)18-11-14-7-2-1-5-12(14)9-10-13-6-3-4-8-15(13)18/h1-8H,9-11H2. The van der Waals surface area contributed by atoms with E-state index in [4.69, 9.17) is 0 Å². The summed E-state index contributed by atoms with van der Waals surface area (Å²) in [5, 5.41) is 0. The van der Waals surface area contributed by atoms with Crippen LogP contribution < -0.4 is 4.90 Å². The van der Waals surface area contributed by atoms with Crippen LogP contribution in [-0.2, 0) is 19.4 Å². The maximum atomic E-state index is 11.9. The minimum Gasteiger partial charge on any atom is -0.299 e. The number of hydrogen-bond donors (Lipinski definition) is 0. The monoisotopic (exact) mass is 363 g/mol. The zero-order valence-corrected chi connectivity index (χ0v) is 12.6. The molecule has 0 aliphatic carbocycles. The second-order valence-electron chi connectivity index (χ2n) is 4.74. The van der Waals surface area contributed by atoms with Crippen LogP contribution in [0.1, 0.15) is 16.7 Å². The first-order valence-electron chi connectivity index (χ1n) is 6.37. The third kappa shape index (κ3) is 2.52. The molecule has 19 heavy (non-hydrogen) atoms. The van der Waals surface area contributed by atoms with Crippen molar-refractivity contribution in [2.75, 3.05) is 4.90 Å². The lowest BCUT2D eigenvalue weighted by molar-refractivity contribution is 0.267. The molecule has 1 amide bonds. The van der Waals surface area contributed by atoms with Gasteiger partial charge in [-0.2, -0.15) is 0 Å². The molecule has 3 heteroatoms. The first-order chi connectivity index (χ1) is 9.25. The van der Waals surface area contributed by atoms with Gasteiger partial charge in [-0.25, -0.2) is 0 Å². The Morgan fingerprint density at radius 1 is 0.895 bits per heavy atom. The lowest BCUT2D eigenvalue weighted by Crippen LogP contribution is -2.27. The van der Waals surface area contributed by atoms with E-state index >= 15 is 0 Å². The van der Waals surface area contributed by atoms with Crippen molar-refractivity contribution in [3.63, 3.8) is 0 Å². The molecule has 0 unspecified atom stereocenters. The molecule has 1 heterocycles. The maximum Gasteiger partial charge on any atom is 0.287 e. The normalized spacial score (nSPS) is 14.1. The second-order valence-corrected chi connectivity index (χ2v) is 5.66. The Morgan fingerprint density at radius 3 is 2.21 bits per heavy atom. The third-order valence-corrected chi connectivity index (χ3v) is 4.19. The summed E-state index contributed by atoms with van der Waals surface area (Å²) in [6.45, 7) is 0.662. The number of aryl methyl sites for hydroxylation is 2. The van der Waals surface area contributed by atoms with Crippen molar-refractivity contribution >= 4 is 32.2 Å². The van der Waals surface area contributed by atoms with Crippen LogP contribution in [0.5, 0.6) is 0 Å². The first-order valence-corrected chi connectivity index (χ1v) is 7.45. The number of carbonyl (C=O) groups excluding carboxylic acids is 1. The van der Waals surface area contributed by atoms with Gasteiger partial charge in [-0.1, -0.05) is 42.5 Å². The molecule has 2 aromatic carbocycles. The molecule has 0 atom stereocenters. The molecule has 96 valence electrons. The van der Waals surface area contributed by atoms with Crippen molar-refractivity contribution in [1.29, 1.82) is 0 Å². The summed E-state index contributed by atoms with van der Waals surface area (Å²) in [5.74, 6) is 0. The molecule has 1 aliphatic rings. The van der Waals surface area contributed by atoms with Gasteiger partial charge in [0.15, 0.2) is 0 Å². The summed E-state index contributed by atoms with van der Waals surface area (Å²) in [7, 11) is 0. The molecule has 0 saturated heterocycles. The van der Waals surface area contributed by atoms with Gasteiger partial charge in [0.05, 0.1) is 6.54 Å². The minimum atomic E-state index is 0.0711. The fourth-order valence-electron chi connectivity index (χ4n) is 2.62. The molecule has 2 aromatic rings. The molecule has 3 rings (SSSR count). The van der Waals surface area contributed by atoms with E-state index in [2.05, 4.69) is 24.3 Å². The highest BCUT2D eigenvalue weighted by molar-refractivity contribution is 14.1. The topological polar surface area (TPSA) is 20.3 Å². The van der Waals surface area contributed by atoms with Crippen LogP contribution in [0.15, 0.2) is 48.5 Å². The number of para-hydroxylation sites is 1. The van der Waals surface area contributed by atoms with Gasteiger partial charge in [0, 0.05) is 28.3 Å². The van der Waals surface area contributed by atoms with Gasteiger partial charge in [0.2, 0.25) is 0 Å². The highest BCUT2D eigenvalue weighted by atomic mass is 127. The van der Waals surface area contributed by atoms with Crippen molar-refractivity contribution in [3.05, 3.63) is 65.2 Å². The molecule has 0 fully saturated rings.